The summed E-state index contributed by atoms with van der Waals surface area (Å²) in [6.45, 7) is 6.48. The molecule has 4 rings (SSSR count). The average Bonchev–Trinajstić information content (AvgIpc) is 3.37. The maximum atomic E-state index is 10.2. The number of guanidine groups is 1. The van der Waals surface area contributed by atoms with Gasteiger partial charge in [0.25, 0.3) is 0 Å². The highest BCUT2D eigenvalue weighted by atomic mass is 16.5. The Morgan fingerprint density at radius 2 is 1.78 bits per heavy atom. The molecule has 1 atom stereocenters. The van der Waals surface area contributed by atoms with Crippen LogP contribution in [0.1, 0.15) is 24.4 Å². The topological polar surface area (TPSA) is 63.6 Å². The Balaban J connectivity index is 1.39. The number of phenols is 1. The van der Waals surface area contributed by atoms with E-state index in [2.05, 4.69) is 43.2 Å². The Kier molecular flexibility index (Phi) is 7.37. The van der Waals surface area contributed by atoms with Gasteiger partial charge in [-0.2, -0.15) is 0 Å². The zero-order valence-corrected chi connectivity index (χ0v) is 19.2. The van der Waals surface area contributed by atoms with E-state index in [4.69, 9.17) is 4.74 Å². The zero-order valence-electron chi connectivity index (χ0n) is 19.2. The molecule has 7 nitrogen and oxygen atoms in total. The van der Waals surface area contributed by atoms with Crippen molar-refractivity contribution in [1.82, 2.24) is 15.1 Å². The van der Waals surface area contributed by atoms with Crippen LogP contribution < -0.4 is 15.0 Å². The number of phenolic OH excluding ortho intramolecular Hbond substituents is 1. The fraction of sp³-hybridized carbons (Fsp3) is 0.480. The van der Waals surface area contributed by atoms with Crippen LogP contribution in [0, 0.1) is 0 Å². The van der Waals surface area contributed by atoms with Crippen molar-refractivity contribution in [3.8, 4) is 11.5 Å². The molecule has 7 heteroatoms. The van der Waals surface area contributed by atoms with Crippen molar-refractivity contribution in [1.29, 1.82) is 0 Å². The predicted molar refractivity (Wildman–Crippen MR) is 130 cm³/mol. The van der Waals surface area contributed by atoms with Gasteiger partial charge in [0.15, 0.2) is 5.96 Å². The molecule has 0 aromatic heterocycles. The molecule has 0 amide bonds. The molecule has 0 aliphatic carbocycles. The van der Waals surface area contributed by atoms with Crippen LogP contribution in [0.3, 0.4) is 0 Å². The lowest BCUT2D eigenvalue weighted by molar-refractivity contribution is 0.242. The second-order valence-electron chi connectivity index (χ2n) is 8.43. The minimum Gasteiger partial charge on any atom is -0.506 e. The highest BCUT2D eigenvalue weighted by Crippen LogP contribution is 2.28. The molecule has 2 aliphatic heterocycles. The second kappa shape index (κ2) is 10.6. The summed E-state index contributed by atoms with van der Waals surface area (Å²) in [7, 11) is 3.58. The van der Waals surface area contributed by atoms with Gasteiger partial charge in [-0.25, -0.2) is 0 Å². The normalized spacial score (nSPS) is 18.6. The molecule has 0 bridgehead atoms. The molecule has 32 heavy (non-hydrogen) atoms. The third-order valence-corrected chi connectivity index (χ3v) is 6.53. The smallest absolute Gasteiger partial charge is 0.193 e. The standard InChI is InChI=1S/C25H35N5O2/c1-26-25(30-16-14-29(15-17-30)22-10-3-4-11-24(22)31)27-19-23(28-12-5-6-13-28)20-8-7-9-21(18-20)32-2/h3-4,7-11,18,23,31H,5-6,12-17,19H2,1-2H3,(H,26,27). The number of ether oxygens (including phenoxy) is 1. The Bertz CT molecular complexity index is 905. The first kappa shape index (κ1) is 22.3. The molecule has 0 saturated carbocycles. The summed E-state index contributed by atoms with van der Waals surface area (Å²) < 4.78 is 5.47. The second-order valence-corrected chi connectivity index (χ2v) is 8.43. The molecule has 1 unspecified atom stereocenters. The molecule has 2 aromatic rings. The lowest BCUT2D eigenvalue weighted by Crippen LogP contribution is -2.53. The number of nitrogens with one attached hydrogen (secondary N) is 1. The lowest BCUT2D eigenvalue weighted by atomic mass is 10.1. The van der Waals surface area contributed by atoms with E-state index >= 15 is 0 Å². The molecule has 2 saturated heterocycles. The Morgan fingerprint density at radius 3 is 2.47 bits per heavy atom. The predicted octanol–water partition coefficient (Wildman–Crippen LogP) is 2.94. The van der Waals surface area contributed by atoms with E-state index in [0.29, 0.717) is 5.75 Å². The molecule has 2 fully saturated rings. The zero-order chi connectivity index (χ0) is 22.3. The molecular weight excluding hydrogens is 402 g/mol. The summed E-state index contributed by atoms with van der Waals surface area (Å²) in [5, 5.41) is 13.8. The van der Waals surface area contributed by atoms with Gasteiger partial charge < -0.3 is 25.0 Å². The highest BCUT2D eigenvalue weighted by molar-refractivity contribution is 5.80. The number of hydrogen-bond donors (Lipinski definition) is 2. The number of aliphatic imine (C=N–C) groups is 1. The van der Waals surface area contributed by atoms with Crippen LogP contribution in [0.2, 0.25) is 0 Å². The summed E-state index contributed by atoms with van der Waals surface area (Å²) in [6, 6.07) is 16.3. The number of piperazine rings is 1. The van der Waals surface area contributed by atoms with Gasteiger partial charge in [-0.1, -0.05) is 24.3 Å². The first-order chi connectivity index (χ1) is 15.7. The Labute approximate surface area is 191 Å². The molecule has 0 spiro atoms. The number of rotatable bonds is 6. The average molecular weight is 438 g/mol. The number of likely N-dealkylation sites (tertiary alicyclic amines) is 1. The van der Waals surface area contributed by atoms with E-state index in [1.807, 2.05) is 31.3 Å². The fourth-order valence-corrected chi connectivity index (χ4v) is 4.77. The number of anilines is 1. The number of para-hydroxylation sites is 2. The van der Waals surface area contributed by atoms with Crippen molar-refractivity contribution in [3.05, 3.63) is 54.1 Å². The van der Waals surface area contributed by atoms with E-state index in [9.17, 15) is 5.11 Å². The van der Waals surface area contributed by atoms with Crippen LogP contribution in [0.4, 0.5) is 5.69 Å². The van der Waals surface area contributed by atoms with Crippen molar-refractivity contribution in [2.45, 2.75) is 18.9 Å². The van der Waals surface area contributed by atoms with E-state index in [1.165, 1.54) is 18.4 Å². The van der Waals surface area contributed by atoms with Crippen molar-refractivity contribution >= 4 is 11.6 Å². The third-order valence-electron chi connectivity index (χ3n) is 6.53. The lowest BCUT2D eigenvalue weighted by Gasteiger charge is -2.38. The van der Waals surface area contributed by atoms with Crippen LogP contribution >= 0.6 is 0 Å². The molecule has 2 heterocycles. The van der Waals surface area contributed by atoms with Gasteiger partial charge in [0.2, 0.25) is 0 Å². The van der Waals surface area contributed by atoms with Gasteiger partial charge in [-0.05, 0) is 55.8 Å². The van der Waals surface area contributed by atoms with Crippen LogP contribution in [0.25, 0.3) is 0 Å². The van der Waals surface area contributed by atoms with Gasteiger partial charge in [0.05, 0.1) is 18.8 Å². The first-order valence-electron chi connectivity index (χ1n) is 11.6. The highest BCUT2D eigenvalue weighted by Gasteiger charge is 2.26. The molecule has 2 aromatic carbocycles. The summed E-state index contributed by atoms with van der Waals surface area (Å²) in [6.07, 6.45) is 2.51. The molecule has 0 radical (unpaired) electrons. The van der Waals surface area contributed by atoms with E-state index in [0.717, 1.165) is 63.2 Å². The van der Waals surface area contributed by atoms with Crippen LogP contribution in [-0.4, -0.2) is 80.8 Å². The number of methoxy groups -OCH3 is 1. The molecular formula is C25H35N5O2. The largest absolute Gasteiger partial charge is 0.506 e. The summed E-state index contributed by atoms with van der Waals surface area (Å²) >= 11 is 0. The van der Waals surface area contributed by atoms with Gasteiger partial charge in [-0.3, -0.25) is 9.89 Å². The Hall–Kier alpha value is -2.93. The maximum absolute atomic E-state index is 10.2. The first-order valence-corrected chi connectivity index (χ1v) is 11.6. The van der Waals surface area contributed by atoms with Gasteiger partial charge >= 0.3 is 0 Å². The summed E-state index contributed by atoms with van der Waals surface area (Å²) in [5.74, 6) is 2.18. The van der Waals surface area contributed by atoms with Gasteiger partial charge in [0, 0.05) is 39.8 Å². The van der Waals surface area contributed by atoms with Crippen LogP contribution in [0.15, 0.2) is 53.5 Å². The van der Waals surface area contributed by atoms with Crippen molar-refractivity contribution in [2.75, 3.05) is 64.9 Å². The van der Waals surface area contributed by atoms with Gasteiger partial charge in [-0.15, -0.1) is 0 Å². The number of hydrogen-bond acceptors (Lipinski definition) is 5. The van der Waals surface area contributed by atoms with Crippen LogP contribution in [-0.2, 0) is 0 Å². The van der Waals surface area contributed by atoms with Gasteiger partial charge in [0.1, 0.15) is 11.5 Å². The fourth-order valence-electron chi connectivity index (χ4n) is 4.77. The molecule has 2 aliphatic rings. The summed E-state index contributed by atoms with van der Waals surface area (Å²) in [4.78, 5) is 11.7. The number of benzene rings is 2. The van der Waals surface area contributed by atoms with E-state index in [-0.39, 0.29) is 6.04 Å². The minimum atomic E-state index is 0.284. The third kappa shape index (κ3) is 5.10. The quantitative estimate of drug-likeness (QED) is 0.535. The van der Waals surface area contributed by atoms with Crippen molar-refractivity contribution in [2.24, 2.45) is 4.99 Å². The summed E-state index contributed by atoms with van der Waals surface area (Å²) in [5.41, 5.74) is 2.18. The molecule has 2 N–H and O–H groups in total. The van der Waals surface area contributed by atoms with Crippen molar-refractivity contribution < 1.29 is 9.84 Å². The number of aromatic hydroxyl groups is 1. The van der Waals surface area contributed by atoms with E-state index in [1.54, 1.807) is 13.2 Å². The van der Waals surface area contributed by atoms with Crippen LogP contribution in [0.5, 0.6) is 11.5 Å². The Morgan fingerprint density at radius 1 is 1.03 bits per heavy atom. The van der Waals surface area contributed by atoms with E-state index < -0.39 is 0 Å². The maximum Gasteiger partial charge on any atom is 0.193 e. The van der Waals surface area contributed by atoms with Crippen molar-refractivity contribution in [3.63, 3.8) is 0 Å². The SMILES string of the molecule is CN=C(NCC(c1cccc(OC)c1)N1CCCC1)N1CCN(c2ccccc2O)CC1. The monoisotopic (exact) mass is 437 g/mol. The number of nitrogens with zero attached hydrogens (tertiary/aromatic N) is 4. The molecule has 172 valence electrons. The minimum absolute atomic E-state index is 0.284.